The van der Waals surface area contributed by atoms with E-state index in [9.17, 15) is 13.2 Å². The Bertz CT molecular complexity index is 1350. The molecule has 1 amide bonds. The van der Waals surface area contributed by atoms with Crippen molar-refractivity contribution in [3.05, 3.63) is 52.8 Å². The minimum atomic E-state index is -3.57. The molecule has 10 heteroatoms. The zero-order chi connectivity index (χ0) is 25.5. The number of nitrogens with zero attached hydrogens (tertiary/aromatic N) is 3. The van der Waals surface area contributed by atoms with Gasteiger partial charge in [-0.25, -0.2) is 8.42 Å². The van der Waals surface area contributed by atoms with Crippen LogP contribution < -0.4 is 9.54 Å². The standard InChI is InChI=1S/C26H33N3O5S2/c1-3-33-19-18-29-24-22(34-4-2)10-9-11-23(24)35-26(29)27-25(30)20-12-14-21(15-13-20)36(31,32)28-16-7-5-6-8-17-28/h9-15H,3-8,16-19H2,1-2H3. The van der Waals surface area contributed by atoms with E-state index >= 15 is 0 Å². The number of aromatic nitrogens is 1. The molecule has 1 fully saturated rings. The maximum absolute atomic E-state index is 13.1. The summed E-state index contributed by atoms with van der Waals surface area (Å²) in [6, 6.07) is 11.9. The van der Waals surface area contributed by atoms with Gasteiger partial charge in [0.1, 0.15) is 11.3 Å². The molecule has 0 saturated carbocycles. The second kappa shape index (κ2) is 12.1. The third-order valence-electron chi connectivity index (χ3n) is 6.13. The first-order valence-electron chi connectivity index (χ1n) is 12.5. The summed E-state index contributed by atoms with van der Waals surface area (Å²) in [5.41, 5.74) is 1.22. The maximum Gasteiger partial charge on any atom is 0.279 e. The Hall–Kier alpha value is -2.53. The van der Waals surface area contributed by atoms with E-state index in [4.69, 9.17) is 9.47 Å². The number of carbonyl (C=O) groups is 1. The fraction of sp³-hybridized carbons (Fsp3) is 0.462. The lowest BCUT2D eigenvalue weighted by atomic mass is 10.2. The lowest BCUT2D eigenvalue weighted by Gasteiger charge is -2.19. The Labute approximate surface area is 216 Å². The van der Waals surface area contributed by atoms with Gasteiger partial charge in [0.15, 0.2) is 4.80 Å². The number of thiazole rings is 1. The highest BCUT2D eigenvalue weighted by atomic mass is 32.2. The number of ether oxygens (including phenoxy) is 2. The highest BCUT2D eigenvalue weighted by Gasteiger charge is 2.25. The Balaban J connectivity index is 1.65. The van der Waals surface area contributed by atoms with Gasteiger partial charge in [0.05, 0.1) is 22.8 Å². The van der Waals surface area contributed by atoms with Crippen molar-refractivity contribution in [2.24, 2.45) is 4.99 Å². The predicted molar refractivity (Wildman–Crippen MR) is 141 cm³/mol. The van der Waals surface area contributed by atoms with Crippen molar-refractivity contribution in [1.29, 1.82) is 0 Å². The average Bonchev–Trinajstić information content (AvgIpc) is 3.04. The quantitative estimate of drug-likeness (QED) is 0.381. The van der Waals surface area contributed by atoms with Crippen LogP contribution in [-0.4, -0.2) is 56.1 Å². The van der Waals surface area contributed by atoms with E-state index in [0.29, 0.717) is 49.8 Å². The fourth-order valence-corrected chi connectivity index (χ4v) is 6.90. The van der Waals surface area contributed by atoms with E-state index in [0.717, 1.165) is 41.6 Å². The zero-order valence-corrected chi connectivity index (χ0v) is 22.4. The Morgan fingerprint density at radius 3 is 2.39 bits per heavy atom. The second-order valence-corrected chi connectivity index (χ2v) is 11.5. The van der Waals surface area contributed by atoms with Crippen molar-refractivity contribution in [2.75, 3.05) is 32.9 Å². The maximum atomic E-state index is 13.1. The Morgan fingerprint density at radius 2 is 1.72 bits per heavy atom. The van der Waals surface area contributed by atoms with Crippen LogP contribution in [0.15, 0.2) is 52.4 Å². The molecule has 0 atom stereocenters. The summed E-state index contributed by atoms with van der Waals surface area (Å²) in [7, 11) is -3.57. The van der Waals surface area contributed by atoms with Crippen LogP contribution in [0, 0.1) is 0 Å². The molecule has 2 heterocycles. The number of carbonyl (C=O) groups excluding carboxylic acids is 1. The van der Waals surface area contributed by atoms with Crippen molar-refractivity contribution >= 4 is 37.5 Å². The minimum absolute atomic E-state index is 0.205. The molecule has 0 radical (unpaired) electrons. The van der Waals surface area contributed by atoms with Crippen LogP contribution in [0.5, 0.6) is 5.75 Å². The van der Waals surface area contributed by atoms with Crippen LogP contribution >= 0.6 is 11.3 Å². The topological polar surface area (TPSA) is 90.2 Å². The second-order valence-electron chi connectivity index (χ2n) is 8.53. The number of amides is 1. The summed E-state index contributed by atoms with van der Waals surface area (Å²) < 4.78 is 42.0. The van der Waals surface area contributed by atoms with E-state index in [1.807, 2.05) is 36.6 Å². The Kier molecular flexibility index (Phi) is 8.95. The SMILES string of the molecule is CCOCCn1c(=NC(=O)c2ccc(S(=O)(=O)N3CCCCCC3)cc2)sc2cccc(OCC)c21. The van der Waals surface area contributed by atoms with E-state index < -0.39 is 15.9 Å². The minimum Gasteiger partial charge on any atom is -0.492 e. The largest absolute Gasteiger partial charge is 0.492 e. The number of sulfonamides is 1. The molecule has 8 nitrogen and oxygen atoms in total. The zero-order valence-electron chi connectivity index (χ0n) is 20.8. The predicted octanol–water partition coefficient (Wildman–Crippen LogP) is 4.44. The molecular formula is C26H33N3O5S2. The van der Waals surface area contributed by atoms with E-state index in [-0.39, 0.29) is 4.90 Å². The molecule has 1 aliphatic heterocycles. The smallest absolute Gasteiger partial charge is 0.279 e. The molecule has 0 spiro atoms. The van der Waals surface area contributed by atoms with Gasteiger partial charge in [-0.2, -0.15) is 9.30 Å². The molecule has 0 unspecified atom stereocenters. The Morgan fingerprint density at radius 1 is 1.00 bits per heavy atom. The van der Waals surface area contributed by atoms with Crippen LogP contribution in [0.2, 0.25) is 0 Å². The van der Waals surface area contributed by atoms with Crippen LogP contribution in [-0.2, 0) is 21.3 Å². The number of hydrogen-bond donors (Lipinski definition) is 0. The summed E-state index contributed by atoms with van der Waals surface area (Å²) in [6.45, 7) is 7.07. The first-order valence-corrected chi connectivity index (χ1v) is 14.7. The summed E-state index contributed by atoms with van der Waals surface area (Å²) in [4.78, 5) is 18.3. The molecule has 0 N–H and O–H groups in total. The molecule has 1 aliphatic rings. The van der Waals surface area contributed by atoms with Gasteiger partial charge in [-0.3, -0.25) is 4.79 Å². The van der Waals surface area contributed by atoms with Crippen molar-refractivity contribution in [2.45, 2.75) is 51.0 Å². The van der Waals surface area contributed by atoms with Gasteiger partial charge in [0, 0.05) is 31.8 Å². The molecular weight excluding hydrogens is 498 g/mol. The van der Waals surface area contributed by atoms with Gasteiger partial charge < -0.3 is 14.0 Å². The highest BCUT2D eigenvalue weighted by Crippen LogP contribution is 2.28. The van der Waals surface area contributed by atoms with Gasteiger partial charge in [-0.1, -0.05) is 30.2 Å². The number of para-hydroxylation sites is 1. The summed E-state index contributed by atoms with van der Waals surface area (Å²) >= 11 is 1.41. The van der Waals surface area contributed by atoms with E-state index in [1.54, 1.807) is 16.4 Å². The lowest BCUT2D eigenvalue weighted by molar-refractivity contribution is 0.0996. The summed E-state index contributed by atoms with van der Waals surface area (Å²) in [5.74, 6) is 0.308. The average molecular weight is 532 g/mol. The van der Waals surface area contributed by atoms with E-state index in [1.165, 1.54) is 23.5 Å². The van der Waals surface area contributed by atoms with Gasteiger partial charge >= 0.3 is 0 Å². The van der Waals surface area contributed by atoms with Gasteiger partial charge in [0.2, 0.25) is 10.0 Å². The summed E-state index contributed by atoms with van der Waals surface area (Å²) in [6.07, 6.45) is 3.85. The molecule has 4 rings (SSSR count). The highest BCUT2D eigenvalue weighted by molar-refractivity contribution is 7.89. The van der Waals surface area contributed by atoms with Crippen molar-refractivity contribution < 1.29 is 22.7 Å². The van der Waals surface area contributed by atoms with Crippen LogP contribution in [0.4, 0.5) is 0 Å². The molecule has 0 aliphatic carbocycles. The molecule has 2 aromatic carbocycles. The van der Waals surface area contributed by atoms with Crippen molar-refractivity contribution in [3.63, 3.8) is 0 Å². The van der Waals surface area contributed by atoms with Crippen LogP contribution in [0.25, 0.3) is 10.2 Å². The van der Waals surface area contributed by atoms with Crippen LogP contribution in [0.3, 0.4) is 0 Å². The molecule has 36 heavy (non-hydrogen) atoms. The van der Waals surface area contributed by atoms with Gasteiger partial charge in [-0.05, 0) is 63.1 Å². The third-order valence-corrected chi connectivity index (χ3v) is 9.08. The number of benzene rings is 2. The lowest BCUT2D eigenvalue weighted by Crippen LogP contribution is -2.31. The van der Waals surface area contributed by atoms with Gasteiger partial charge in [-0.15, -0.1) is 0 Å². The number of fused-ring (bicyclic) bond motifs is 1. The number of rotatable bonds is 9. The summed E-state index contributed by atoms with van der Waals surface area (Å²) in [5, 5.41) is 0. The molecule has 194 valence electrons. The van der Waals surface area contributed by atoms with E-state index in [2.05, 4.69) is 4.99 Å². The first kappa shape index (κ1) is 26.5. The van der Waals surface area contributed by atoms with Crippen molar-refractivity contribution in [3.8, 4) is 5.75 Å². The molecule has 0 bridgehead atoms. The normalized spacial score (nSPS) is 15.8. The van der Waals surface area contributed by atoms with Crippen molar-refractivity contribution in [1.82, 2.24) is 8.87 Å². The molecule has 1 saturated heterocycles. The third kappa shape index (κ3) is 5.88. The first-order chi connectivity index (χ1) is 17.5. The molecule has 1 aromatic heterocycles. The van der Waals surface area contributed by atoms with Crippen LogP contribution in [0.1, 0.15) is 49.9 Å². The molecule has 3 aromatic rings. The monoisotopic (exact) mass is 531 g/mol. The number of hydrogen-bond acceptors (Lipinski definition) is 6. The fourth-order valence-electron chi connectivity index (χ4n) is 4.31. The van der Waals surface area contributed by atoms with Gasteiger partial charge in [0.25, 0.3) is 5.91 Å².